The highest BCUT2D eigenvalue weighted by Crippen LogP contribution is 2.30. The van der Waals surface area contributed by atoms with Crippen molar-refractivity contribution in [1.82, 2.24) is 15.1 Å². The van der Waals surface area contributed by atoms with E-state index < -0.39 is 11.6 Å². The van der Waals surface area contributed by atoms with Gasteiger partial charge in [0.05, 0.1) is 6.54 Å². The minimum atomic E-state index is -0.889. The van der Waals surface area contributed by atoms with E-state index in [1.807, 2.05) is 6.07 Å². The summed E-state index contributed by atoms with van der Waals surface area (Å²) in [6.07, 6.45) is 2.45. The van der Waals surface area contributed by atoms with Crippen molar-refractivity contribution in [2.24, 2.45) is 5.73 Å². The second-order valence-corrected chi connectivity index (χ2v) is 8.40. The Hall–Kier alpha value is -3.39. The van der Waals surface area contributed by atoms with Crippen molar-refractivity contribution in [2.45, 2.75) is 37.8 Å². The van der Waals surface area contributed by atoms with Crippen LogP contribution in [-0.2, 0) is 17.8 Å². The van der Waals surface area contributed by atoms with Crippen molar-refractivity contribution in [3.63, 3.8) is 0 Å². The molecule has 1 spiro atoms. The molecule has 4 rings (SSSR count). The number of rotatable bonds is 7. The number of piperidine rings is 1. The fourth-order valence-electron chi connectivity index (χ4n) is 4.43. The number of primary amides is 1. The number of nitrogens with two attached hydrogens (primary N) is 1. The fraction of sp³-hybridized carbons (Fsp3) is 0.375. The molecule has 32 heavy (non-hydrogen) atoms. The highest BCUT2D eigenvalue weighted by atomic mass is 16.5. The first-order chi connectivity index (χ1) is 15.4. The Bertz CT molecular complexity index is 969. The lowest BCUT2D eigenvalue weighted by Gasteiger charge is -2.37. The summed E-state index contributed by atoms with van der Waals surface area (Å²) in [5, 5.41) is 2.95. The number of ether oxygens (including phenoxy) is 1. The van der Waals surface area contributed by atoms with Gasteiger partial charge >= 0.3 is 12.1 Å². The Labute approximate surface area is 187 Å². The van der Waals surface area contributed by atoms with Crippen LogP contribution in [-0.4, -0.2) is 53.0 Å². The van der Waals surface area contributed by atoms with E-state index in [0.29, 0.717) is 18.6 Å². The van der Waals surface area contributed by atoms with Crippen molar-refractivity contribution in [1.29, 1.82) is 0 Å². The number of likely N-dealkylation sites (tertiary alicyclic amines) is 1. The van der Waals surface area contributed by atoms with Crippen molar-refractivity contribution >= 4 is 18.0 Å². The second kappa shape index (κ2) is 9.40. The Morgan fingerprint density at radius 3 is 2.34 bits per heavy atom. The van der Waals surface area contributed by atoms with E-state index in [9.17, 15) is 14.4 Å². The summed E-state index contributed by atoms with van der Waals surface area (Å²) in [5.74, 6) is 0.151. The van der Waals surface area contributed by atoms with Crippen molar-refractivity contribution < 1.29 is 19.1 Å². The molecule has 0 aliphatic carbocycles. The van der Waals surface area contributed by atoms with Gasteiger partial charge in [-0.25, -0.2) is 9.59 Å². The highest BCUT2D eigenvalue weighted by Gasteiger charge is 2.52. The molecular weight excluding hydrogens is 408 g/mol. The molecule has 2 aliphatic heterocycles. The van der Waals surface area contributed by atoms with Gasteiger partial charge in [-0.1, -0.05) is 42.5 Å². The largest absolute Gasteiger partial charge is 0.411 e. The molecule has 0 radical (unpaired) electrons. The number of aryl methyl sites for hydroxylation is 1. The van der Waals surface area contributed by atoms with E-state index in [1.165, 1.54) is 10.5 Å². The van der Waals surface area contributed by atoms with E-state index >= 15 is 0 Å². The maximum atomic E-state index is 13.2. The summed E-state index contributed by atoms with van der Waals surface area (Å²) in [4.78, 5) is 40.2. The molecule has 2 aromatic rings. The van der Waals surface area contributed by atoms with Gasteiger partial charge in [0.1, 0.15) is 11.3 Å². The van der Waals surface area contributed by atoms with Crippen molar-refractivity contribution in [3.8, 4) is 5.75 Å². The highest BCUT2D eigenvalue weighted by molar-refractivity contribution is 6.07. The van der Waals surface area contributed by atoms with Crippen LogP contribution in [0.4, 0.5) is 9.59 Å². The fourth-order valence-corrected chi connectivity index (χ4v) is 4.43. The Morgan fingerprint density at radius 2 is 1.69 bits per heavy atom. The Morgan fingerprint density at radius 1 is 1.00 bits per heavy atom. The maximum Gasteiger partial charge on any atom is 0.409 e. The number of carbonyl (C=O) groups excluding carboxylic acids is 3. The van der Waals surface area contributed by atoms with Gasteiger partial charge in [0.25, 0.3) is 5.91 Å². The minimum absolute atomic E-state index is 0.163. The molecule has 3 N–H and O–H groups in total. The van der Waals surface area contributed by atoms with Gasteiger partial charge in [-0.3, -0.25) is 9.69 Å². The van der Waals surface area contributed by atoms with Crippen LogP contribution in [0.2, 0.25) is 0 Å². The van der Waals surface area contributed by atoms with Gasteiger partial charge in [0, 0.05) is 13.1 Å². The quantitative estimate of drug-likeness (QED) is 0.650. The number of benzene rings is 2. The molecule has 8 heteroatoms. The Kier molecular flexibility index (Phi) is 6.41. The van der Waals surface area contributed by atoms with E-state index in [4.69, 9.17) is 10.5 Å². The first-order valence-corrected chi connectivity index (χ1v) is 10.9. The number of imide groups is 1. The van der Waals surface area contributed by atoms with Gasteiger partial charge in [-0.2, -0.15) is 0 Å². The first-order valence-electron chi connectivity index (χ1n) is 10.9. The lowest BCUT2D eigenvalue weighted by molar-refractivity contribution is -0.133. The molecule has 0 saturated carbocycles. The molecule has 0 unspecified atom stereocenters. The zero-order valence-corrected chi connectivity index (χ0v) is 18.0. The molecule has 0 bridgehead atoms. The standard InChI is InChI=1S/C24H28N4O4/c25-22(30)32-20-10-8-19(9-11-20)17-28-21(29)24(26-23(28)31)12-15-27(16-13-24)14-4-7-18-5-2-1-3-6-18/h1-3,5-6,8-11H,4,7,12-17H2,(H2,25,30)(H,26,31). The SMILES string of the molecule is NC(=O)Oc1ccc(CN2C(=O)NC3(CCN(CCCc4ccccc4)CC3)C2=O)cc1. The zero-order chi connectivity index (χ0) is 22.6. The van der Waals surface area contributed by atoms with Crippen molar-refractivity contribution in [3.05, 3.63) is 65.7 Å². The molecule has 168 valence electrons. The molecule has 2 aromatic carbocycles. The van der Waals surface area contributed by atoms with Gasteiger partial charge < -0.3 is 20.7 Å². The molecule has 8 nitrogen and oxygen atoms in total. The number of amides is 4. The molecule has 2 aliphatic rings. The van der Waals surface area contributed by atoms with Gasteiger partial charge in [-0.15, -0.1) is 0 Å². The Balaban J connectivity index is 1.29. The number of urea groups is 1. The molecular formula is C24H28N4O4. The predicted octanol–water partition coefficient (Wildman–Crippen LogP) is 2.66. The maximum absolute atomic E-state index is 13.2. The average Bonchev–Trinajstić information content (AvgIpc) is 3.01. The van der Waals surface area contributed by atoms with Crippen LogP contribution in [0, 0.1) is 0 Å². The number of hydrogen-bond donors (Lipinski definition) is 2. The molecule has 2 fully saturated rings. The third-order valence-electron chi connectivity index (χ3n) is 6.22. The normalized spacial score (nSPS) is 18.1. The van der Waals surface area contributed by atoms with E-state index in [2.05, 4.69) is 34.5 Å². The van der Waals surface area contributed by atoms with Crippen LogP contribution in [0.3, 0.4) is 0 Å². The van der Waals surface area contributed by atoms with Crippen LogP contribution >= 0.6 is 0 Å². The van der Waals surface area contributed by atoms with Crippen LogP contribution < -0.4 is 15.8 Å². The monoisotopic (exact) mass is 436 g/mol. The van der Waals surface area contributed by atoms with Gasteiger partial charge in [0.2, 0.25) is 0 Å². The van der Waals surface area contributed by atoms with E-state index in [1.54, 1.807) is 24.3 Å². The van der Waals surface area contributed by atoms with Crippen LogP contribution in [0.1, 0.15) is 30.4 Å². The summed E-state index contributed by atoms with van der Waals surface area (Å²) in [7, 11) is 0. The topological polar surface area (TPSA) is 105 Å². The van der Waals surface area contributed by atoms with Crippen molar-refractivity contribution in [2.75, 3.05) is 19.6 Å². The lowest BCUT2D eigenvalue weighted by Crippen LogP contribution is -2.55. The van der Waals surface area contributed by atoms with Gasteiger partial charge in [0.15, 0.2) is 0 Å². The van der Waals surface area contributed by atoms with Crippen LogP contribution in [0.15, 0.2) is 54.6 Å². The van der Waals surface area contributed by atoms with Crippen LogP contribution in [0.25, 0.3) is 0 Å². The number of carbonyl (C=O) groups is 3. The molecule has 2 saturated heterocycles. The summed E-state index contributed by atoms with van der Waals surface area (Å²) < 4.78 is 4.81. The predicted molar refractivity (Wildman–Crippen MR) is 119 cm³/mol. The third kappa shape index (κ3) is 4.91. The van der Waals surface area contributed by atoms with E-state index in [-0.39, 0.29) is 18.5 Å². The molecule has 2 heterocycles. The average molecular weight is 437 g/mol. The number of hydrogen-bond acceptors (Lipinski definition) is 5. The van der Waals surface area contributed by atoms with Crippen LogP contribution in [0.5, 0.6) is 5.75 Å². The minimum Gasteiger partial charge on any atom is -0.411 e. The van der Waals surface area contributed by atoms with E-state index in [0.717, 1.165) is 38.0 Å². The van der Waals surface area contributed by atoms with Gasteiger partial charge in [-0.05, 0) is 55.5 Å². The smallest absolute Gasteiger partial charge is 0.409 e. The number of nitrogens with zero attached hydrogens (tertiary/aromatic N) is 2. The zero-order valence-electron chi connectivity index (χ0n) is 18.0. The summed E-state index contributed by atoms with van der Waals surface area (Å²) in [6.45, 7) is 2.72. The summed E-state index contributed by atoms with van der Waals surface area (Å²) >= 11 is 0. The summed E-state index contributed by atoms with van der Waals surface area (Å²) in [6, 6.07) is 16.7. The molecule has 0 atom stereocenters. The first kappa shape index (κ1) is 21.8. The summed E-state index contributed by atoms with van der Waals surface area (Å²) in [5.41, 5.74) is 6.30. The molecule has 4 amide bonds. The second-order valence-electron chi connectivity index (χ2n) is 8.40. The molecule has 0 aromatic heterocycles. The number of nitrogens with one attached hydrogen (secondary N) is 1. The third-order valence-corrected chi connectivity index (χ3v) is 6.22. The lowest BCUT2D eigenvalue weighted by atomic mass is 9.87.